The van der Waals surface area contributed by atoms with Gasteiger partial charge in [-0.3, -0.25) is 4.57 Å². The Morgan fingerprint density at radius 1 is 1.20 bits per heavy atom. The summed E-state index contributed by atoms with van der Waals surface area (Å²) in [6, 6.07) is 7.68. The molecule has 1 aromatic carbocycles. The largest absolute Gasteiger partial charge is 0.279 e. The van der Waals surface area contributed by atoms with E-state index in [-0.39, 0.29) is 5.88 Å². The molecule has 0 aliphatic carbocycles. The first-order chi connectivity index (χ1) is 9.60. The minimum atomic E-state index is 0.288. The number of pyridine rings is 1. The summed E-state index contributed by atoms with van der Waals surface area (Å²) in [5, 5.41) is 0.554. The van der Waals surface area contributed by atoms with Gasteiger partial charge in [0.25, 0.3) is 0 Å². The number of alkyl halides is 1. The van der Waals surface area contributed by atoms with E-state index in [9.17, 15) is 0 Å². The lowest BCUT2D eigenvalue weighted by molar-refractivity contribution is 0.965. The van der Waals surface area contributed by atoms with Crippen LogP contribution in [0.15, 0.2) is 39.4 Å². The van der Waals surface area contributed by atoms with Crippen molar-refractivity contribution < 1.29 is 0 Å². The highest BCUT2D eigenvalue weighted by Crippen LogP contribution is 2.30. The van der Waals surface area contributed by atoms with Crippen LogP contribution in [0.2, 0.25) is 5.02 Å². The summed E-state index contributed by atoms with van der Waals surface area (Å²) in [6.07, 6.45) is 1.60. The zero-order valence-electron chi connectivity index (χ0n) is 9.95. The second-order valence-electron chi connectivity index (χ2n) is 4.09. The third-order valence-electron chi connectivity index (χ3n) is 2.80. The molecule has 0 amide bonds. The summed E-state index contributed by atoms with van der Waals surface area (Å²) in [5.41, 5.74) is 2.39. The number of hydrogen-bond donors (Lipinski definition) is 0. The molecule has 0 radical (unpaired) electrons. The fraction of sp³-hybridized carbons (Fsp3) is 0.0769. The van der Waals surface area contributed by atoms with Crippen molar-refractivity contribution in [1.82, 2.24) is 14.5 Å². The Kier molecular flexibility index (Phi) is 4.04. The Morgan fingerprint density at radius 3 is 2.70 bits per heavy atom. The van der Waals surface area contributed by atoms with E-state index in [0.717, 1.165) is 31.6 Å². The fourth-order valence-corrected chi connectivity index (χ4v) is 3.55. The van der Waals surface area contributed by atoms with Crippen molar-refractivity contribution in [2.24, 2.45) is 0 Å². The maximum absolute atomic E-state index is 6.01. The molecule has 20 heavy (non-hydrogen) atoms. The topological polar surface area (TPSA) is 30.7 Å². The van der Waals surface area contributed by atoms with E-state index >= 15 is 0 Å². The predicted molar refractivity (Wildman–Crippen MR) is 88.8 cm³/mol. The smallest absolute Gasteiger partial charge is 0.164 e. The van der Waals surface area contributed by atoms with Crippen molar-refractivity contribution in [3.8, 4) is 5.69 Å². The molecular weight excluding hydrogens is 429 g/mol. The molecule has 0 spiro atoms. The van der Waals surface area contributed by atoms with Gasteiger partial charge in [-0.25, -0.2) is 9.97 Å². The summed E-state index contributed by atoms with van der Waals surface area (Å²) in [5.74, 6) is 1.01. The molecule has 102 valence electrons. The Morgan fingerprint density at radius 2 is 2.00 bits per heavy atom. The van der Waals surface area contributed by atoms with Crippen LogP contribution >= 0.6 is 55.1 Å². The minimum absolute atomic E-state index is 0.288. The lowest BCUT2D eigenvalue weighted by Gasteiger charge is -2.09. The molecule has 3 rings (SSSR count). The van der Waals surface area contributed by atoms with Gasteiger partial charge in [0.15, 0.2) is 5.65 Å². The van der Waals surface area contributed by atoms with E-state index in [0.29, 0.717) is 5.02 Å². The normalized spacial score (nSPS) is 11.2. The van der Waals surface area contributed by atoms with E-state index in [4.69, 9.17) is 23.2 Å². The maximum atomic E-state index is 6.01. The van der Waals surface area contributed by atoms with Gasteiger partial charge in [-0.1, -0.05) is 27.5 Å². The highest BCUT2D eigenvalue weighted by atomic mass is 79.9. The van der Waals surface area contributed by atoms with Crippen molar-refractivity contribution in [2.75, 3.05) is 0 Å². The Bertz CT molecular complexity index is 802. The van der Waals surface area contributed by atoms with Gasteiger partial charge in [-0.2, -0.15) is 0 Å². The van der Waals surface area contributed by atoms with Gasteiger partial charge in [0.2, 0.25) is 0 Å². The number of rotatable bonds is 2. The van der Waals surface area contributed by atoms with Crippen molar-refractivity contribution in [3.63, 3.8) is 0 Å². The molecule has 0 aliphatic heterocycles. The summed E-state index contributed by atoms with van der Waals surface area (Å²) < 4.78 is 3.84. The van der Waals surface area contributed by atoms with E-state index in [1.54, 1.807) is 12.3 Å². The fourth-order valence-electron chi connectivity index (χ4n) is 1.99. The summed E-state index contributed by atoms with van der Waals surface area (Å²) in [4.78, 5) is 8.85. The second-order valence-corrected chi connectivity index (χ2v) is 6.56. The average Bonchev–Trinajstić information content (AvgIpc) is 2.76. The van der Waals surface area contributed by atoms with Crippen LogP contribution in [0.4, 0.5) is 0 Å². The van der Waals surface area contributed by atoms with Crippen molar-refractivity contribution >= 4 is 66.2 Å². The SMILES string of the molecule is ClCc1nc2cc(Cl)cnc2n1-c1ccc(Br)cc1Br. The number of nitrogens with zero attached hydrogens (tertiary/aromatic N) is 3. The Labute approximate surface area is 142 Å². The Hall–Kier alpha value is -0.620. The van der Waals surface area contributed by atoms with Gasteiger partial charge in [0.1, 0.15) is 11.3 Å². The molecule has 0 aliphatic rings. The van der Waals surface area contributed by atoms with E-state index in [1.807, 2.05) is 22.8 Å². The zero-order chi connectivity index (χ0) is 14.3. The number of aromatic nitrogens is 3. The first kappa shape index (κ1) is 14.3. The number of halogens is 4. The van der Waals surface area contributed by atoms with Crippen LogP contribution in [0, 0.1) is 0 Å². The van der Waals surface area contributed by atoms with E-state index < -0.39 is 0 Å². The monoisotopic (exact) mass is 433 g/mol. The molecule has 2 heterocycles. The zero-order valence-corrected chi connectivity index (χ0v) is 14.6. The lowest BCUT2D eigenvalue weighted by Crippen LogP contribution is -2.01. The highest BCUT2D eigenvalue weighted by molar-refractivity contribution is 9.11. The maximum Gasteiger partial charge on any atom is 0.164 e. The predicted octanol–water partition coefficient (Wildman–Crippen LogP) is 5.34. The molecule has 0 unspecified atom stereocenters. The van der Waals surface area contributed by atoms with Crippen molar-refractivity contribution in [2.45, 2.75) is 5.88 Å². The molecular formula is C13H7Br2Cl2N3. The van der Waals surface area contributed by atoms with Gasteiger partial charge in [0, 0.05) is 15.1 Å². The van der Waals surface area contributed by atoms with Crippen LogP contribution in [0.25, 0.3) is 16.9 Å². The molecule has 0 atom stereocenters. The van der Waals surface area contributed by atoms with Gasteiger partial charge in [0.05, 0.1) is 16.6 Å². The highest BCUT2D eigenvalue weighted by Gasteiger charge is 2.15. The van der Waals surface area contributed by atoms with Crippen LogP contribution in [-0.2, 0) is 5.88 Å². The summed E-state index contributed by atoms with van der Waals surface area (Å²) in [6.45, 7) is 0. The van der Waals surface area contributed by atoms with Crippen LogP contribution in [0.3, 0.4) is 0 Å². The molecule has 3 nitrogen and oxygen atoms in total. The molecule has 0 saturated carbocycles. The standard InChI is InChI=1S/C13H7Br2Cl2N3/c14-7-1-2-11(9(15)3-7)20-12(5-16)19-10-4-8(17)6-18-13(10)20/h1-4,6H,5H2. The third kappa shape index (κ3) is 2.48. The molecule has 0 saturated heterocycles. The molecule has 3 aromatic rings. The number of benzene rings is 1. The minimum Gasteiger partial charge on any atom is -0.279 e. The number of hydrogen-bond acceptors (Lipinski definition) is 2. The second kappa shape index (κ2) is 5.64. The van der Waals surface area contributed by atoms with Crippen LogP contribution in [0.1, 0.15) is 5.82 Å². The molecule has 0 bridgehead atoms. The molecule has 0 fully saturated rings. The molecule has 0 N–H and O–H groups in total. The van der Waals surface area contributed by atoms with E-state index in [1.165, 1.54) is 0 Å². The van der Waals surface area contributed by atoms with Crippen molar-refractivity contribution in [1.29, 1.82) is 0 Å². The van der Waals surface area contributed by atoms with Gasteiger partial charge in [-0.05, 0) is 40.2 Å². The van der Waals surface area contributed by atoms with Crippen LogP contribution in [0.5, 0.6) is 0 Å². The first-order valence-corrected chi connectivity index (χ1v) is 8.14. The van der Waals surface area contributed by atoms with Crippen molar-refractivity contribution in [3.05, 3.63) is 50.3 Å². The third-order valence-corrected chi connectivity index (χ3v) is 4.38. The summed E-state index contributed by atoms with van der Waals surface area (Å²) in [7, 11) is 0. The quantitative estimate of drug-likeness (QED) is 0.509. The number of imidazole rings is 1. The van der Waals surface area contributed by atoms with Crippen LogP contribution < -0.4 is 0 Å². The molecule has 7 heteroatoms. The lowest BCUT2D eigenvalue weighted by atomic mass is 10.3. The summed E-state index contributed by atoms with van der Waals surface area (Å²) >= 11 is 19.0. The van der Waals surface area contributed by atoms with Gasteiger partial charge in [-0.15, -0.1) is 11.6 Å². The first-order valence-electron chi connectivity index (χ1n) is 5.64. The van der Waals surface area contributed by atoms with Crippen LogP contribution in [-0.4, -0.2) is 14.5 Å². The van der Waals surface area contributed by atoms with E-state index in [2.05, 4.69) is 41.8 Å². The van der Waals surface area contributed by atoms with Gasteiger partial charge < -0.3 is 0 Å². The average molecular weight is 436 g/mol. The Balaban J connectivity index is 2.34. The molecule has 2 aromatic heterocycles. The number of fused-ring (bicyclic) bond motifs is 1. The van der Waals surface area contributed by atoms with Gasteiger partial charge >= 0.3 is 0 Å².